The van der Waals surface area contributed by atoms with Crippen molar-refractivity contribution < 1.29 is 27.2 Å². The second-order valence-corrected chi connectivity index (χ2v) is 5.61. The molecule has 9 nitrogen and oxygen atoms in total. The molecule has 0 aliphatic carbocycles. The van der Waals surface area contributed by atoms with Crippen molar-refractivity contribution in [3.8, 4) is 11.8 Å². The minimum absolute atomic E-state index is 0.135. The number of benzene rings is 1. The molecular weight excluding hydrogens is 402 g/mol. The van der Waals surface area contributed by atoms with Gasteiger partial charge in [-0.05, 0) is 12.1 Å². The standard InChI is InChI=1S/C16H13F4N5O4/c1-23-12(16(18,19)20)6-13(26)25(15(23)28)11-5-10(8(7-21)4-9(11)17)22-14(27)24(2)29-3/h4-6H,1-3H3,(H,22,27). The van der Waals surface area contributed by atoms with Crippen LogP contribution >= 0.6 is 0 Å². The summed E-state index contributed by atoms with van der Waals surface area (Å²) in [5, 5.41) is 12.1. The van der Waals surface area contributed by atoms with Crippen molar-refractivity contribution in [1.82, 2.24) is 14.2 Å². The predicted octanol–water partition coefficient (Wildman–Crippen LogP) is 1.59. The molecule has 0 radical (unpaired) electrons. The largest absolute Gasteiger partial charge is 0.431 e. The fraction of sp³-hybridized carbons (Fsp3) is 0.250. The van der Waals surface area contributed by atoms with Gasteiger partial charge in [0.2, 0.25) is 0 Å². The van der Waals surface area contributed by atoms with Gasteiger partial charge in [0.1, 0.15) is 17.6 Å². The molecule has 0 aliphatic rings. The lowest BCUT2D eigenvalue weighted by atomic mass is 10.1. The average molecular weight is 415 g/mol. The van der Waals surface area contributed by atoms with E-state index < -0.39 is 40.7 Å². The van der Waals surface area contributed by atoms with E-state index in [1.54, 1.807) is 6.07 Å². The quantitative estimate of drug-likeness (QED) is 0.605. The number of hydrogen-bond acceptors (Lipinski definition) is 5. The molecule has 0 saturated heterocycles. The number of amides is 2. The summed E-state index contributed by atoms with van der Waals surface area (Å²) in [6.07, 6.45) is -4.99. The number of anilines is 1. The lowest BCUT2D eigenvalue weighted by molar-refractivity contribution is -0.144. The third-order valence-electron chi connectivity index (χ3n) is 3.86. The van der Waals surface area contributed by atoms with Crippen molar-refractivity contribution in [3.05, 3.63) is 56.1 Å². The first-order chi connectivity index (χ1) is 13.4. The Morgan fingerprint density at radius 2 is 1.90 bits per heavy atom. The molecule has 0 aliphatic heterocycles. The number of urea groups is 1. The normalized spacial score (nSPS) is 11.1. The molecule has 1 aromatic heterocycles. The summed E-state index contributed by atoms with van der Waals surface area (Å²) in [5.41, 5.74) is -5.85. The van der Waals surface area contributed by atoms with Gasteiger partial charge >= 0.3 is 17.9 Å². The molecule has 1 aromatic carbocycles. The molecular formula is C16H13F4N5O4. The maximum atomic E-state index is 14.5. The van der Waals surface area contributed by atoms with Crippen LogP contribution in [-0.2, 0) is 18.1 Å². The Hall–Kier alpha value is -3.66. The number of hydrogen-bond donors (Lipinski definition) is 1. The fourth-order valence-electron chi connectivity index (χ4n) is 2.33. The highest BCUT2D eigenvalue weighted by Crippen LogP contribution is 2.27. The summed E-state index contributed by atoms with van der Waals surface area (Å²) >= 11 is 0. The van der Waals surface area contributed by atoms with Gasteiger partial charge in [0.25, 0.3) is 5.56 Å². The third kappa shape index (κ3) is 4.11. The van der Waals surface area contributed by atoms with Crippen LogP contribution in [0.5, 0.6) is 0 Å². The van der Waals surface area contributed by atoms with Gasteiger partial charge in [-0.25, -0.2) is 23.6 Å². The van der Waals surface area contributed by atoms with Crippen LogP contribution in [0.15, 0.2) is 27.8 Å². The van der Waals surface area contributed by atoms with Crippen LogP contribution in [0.25, 0.3) is 5.69 Å². The van der Waals surface area contributed by atoms with Crippen LogP contribution in [0.1, 0.15) is 11.3 Å². The number of rotatable bonds is 3. The summed E-state index contributed by atoms with van der Waals surface area (Å²) in [5.74, 6) is -1.24. The van der Waals surface area contributed by atoms with E-state index in [1.165, 1.54) is 14.2 Å². The zero-order valence-electron chi connectivity index (χ0n) is 15.2. The highest BCUT2D eigenvalue weighted by Gasteiger charge is 2.35. The number of nitriles is 1. The Kier molecular flexibility index (Phi) is 5.79. The van der Waals surface area contributed by atoms with Crippen LogP contribution in [0.2, 0.25) is 0 Å². The van der Waals surface area contributed by atoms with Gasteiger partial charge in [-0.3, -0.25) is 14.2 Å². The van der Waals surface area contributed by atoms with Crippen molar-refractivity contribution in [2.24, 2.45) is 7.05 Å². The van der Waals surface area contributed by atoms with E-state index in [4.69, 9.17) is 5.26 Å². The van der Waals surface area contributed by atoms with Gasteiger partial charge in [0, 0.05) is 20.2 Å². The van der Waals surface area contributed by atoms with Gasteiger partial charge in [-0.15, -0.1) is 0 Å². The molecule has 0 unspecified atom stereocenters. The van der Waals surface area contributed by atoms with E-state index in [0.29, 0.717) is 6.07 Å². The highest BCUT2D eigenvalue weighted by atomic mass is 19.4. The zero-order chi connectivity index (χ0) is 22.1. The maximum absolute atomic E-state index is 14.5. The van der Waals surface area contributed by atoms with Crippen molar-refractivity contribution >= 4 is 11.7 Å². The maximum Gasteiger partial charge on any atom is 0.431 e. The fourth-order valence-corrected chi connectivity index (χ4v) is 2.33. The molecule has 29 heavy (non-hydrogen) atoms. The second kappa shape index (κ2) is 7.76. The minimum atomic E-state index is -4.99. The van der Waals surface area contributed by atoms with Crippen LogP contribution in [-0.4, -0.2) is 34.4 Å². The molecule has 0 saturated carbocycles. The van der Waals surface area contributed by atoms with Crippen molar-refractivity contribution in [2.75, 3.05) is 19.5 Å². The van der Waals surface area contributed by atoms with Gasteiger partial charge in [-0.1, -0.05) is 0 Å². The number of alkyl halides is 3. The Labute approximate surface area is 159 Å². The molecule has 2 aromatic rings. The second-order valence-electron chi connectivity index (χ2n) is 5.61. The van der Waals surface area contributed by atoms with E-state index in [1.807, 2.05) is 0 Å². The van der Waals surface area contributed by atoms with Gasteiger partial charge in [0.15, 0.2) is 0 Å². The average Bonchev–Trinajstić information content (AvgIpc) is 2.64. The Morgan fingerprint density at radius 1 is 1.28 bits per heavy atom. The lowest BCUT2D eigenvalue weighted by Crippen LogP contribution is -2.41. The molecule has 0 fully saturated rings. The van der Waals surface area contributed by atoms with E-state index in [9.17, 15) is 31.9 Å². The number of aromatic nitrogens is 2. The molecule has 1 N–H and O–H groups in total. The van der Waals surface area contributed by atoms with Crippen molar-refractivity contribution in [3.63, 3.8) is 0 Å². The van der Waals surface area contributed by atoms with Gasteiger partial charge < -0.3 is 5.32 Å². The minimum Gasteiger partial charge on any atom is -0.305 e. The molecule has 0 bridgehead atoms. The number of nitrogens with zero attached hydrogens (tertiary/aromatic N) is 4. The number of nitrogens with one attached hydrogen (secondary N) is 1. The first-order valence-electron chi connectivity index (χ1n) is 7.65. The third-order valence-corrected chi connectivity index (χ3v) is 3.86. The predicted molar refractivity (Wildman–Crippen MR) is 90.7 cm³/mol. The summed E-state index contributed by atoms with van der Waals surface area (Å²) in [6, 6.07) is 2.28. The number of halogens is 4. The molecule has 2 rings (SSSR count). The molecule has 0 atom stereocenters. The Morgan fingerprint density at radius 3 is 2.41 bits per heavy atom. The van der Waals surface area contributed by atoms with E-state index in [2.05, 4.69) is 10.2 Å². The Balaban J connectivity index is 2.74. The van der Waals surface area contributed by atoms with Crippen LogP contribution < -0.4 is 16.6 Å². The molecule has 13 heteroatoms. The monoisotopic (exact) mass is 415 g/mol. The molecule has 0 spiro atoms. The molecule has 2 amide bonds. The summed E-state index contributed by atoms with van der Waals surface area (Å²) in [4.78, 5) is 41.0. The van der Waals surface area contributed by atoms with E-state index in [-0.39, 0.29) is 26.5 Å². The lowest BCUT2D eigenvalue weighted by Gasteiger charge is -2.17. The van der Waals surface area contributed by atoms with Crippen LogP contribution in [0.4, 0.5) is 28.0 Å². The number of carbonyl (C=O) groups is 1. The van der Waals surface area contributed by atoms with E-state index >= 15 is 0 Å². The van der Waals surface area contributed by atoms with Gasteiger partial charge in [0.05, 0.1) is 24.0 Å². The van der Waals surface area contributed by atoms with E-state index in [0.717, 1.165) is 18.2 Å². The van der Waals surface area contributed by atoms with Crippen molar-refractivity contribution in [2.45, 2.75) is 6.18 Å². The Bertz CT molecular complexity index is 1130. The number of carbonyl (C=O) groups excluding carboxylic acids is 1. The summed E-state index contributed by atoms with van der Waals surface area (Å²) in [6.45, 7) is 0. The highest BCUT2D eigenvalue weighted by molar-refractivity contribution is 5.90. The van der Waals surface area contributed by atoms with Crippen LogP contribution in [0, 0.1) is 17.1 Å². The SMILES string of the molecule is CON(C)C(=O)Nc1cc(-n2c(=O)cc(C(F)(F)F)n(C)c2=O)c(F)cc1C#N. The first-order valence-corrected chi connectivity index (χ1v) is 7.65. The number of hydroxylamine groups is 2. The molecule has 154 valence electrons. The topological polar surface area (TPSA) is 109 Å². The van der Waals surface area contributed by atoms with Crippen LogP contribution in [0.3, 0.4) is 0 Å². The smallest absolute Gasteiger partial charge is 0.305 e. The zero-order valence-corrected chi connectivity index (χ0v) is 15.2. The van der Waals surface area contributed by atoms with Crippen molar-refractivity contribution in [1.29, 1.82) is 5.26 Å². The summed E-state index contributed by atoms with van der Waals surface area (Å²) < 4.78 is 53.6. The molecule has 1 heterocycles. The first kappa shape index (κ1) is 21.6. The van der Waals surface area contributed by atoms with Gasteiger partial charge in [-0.2, -0.15) is 18.4 Å². The summed E-state index contributed by atoms with van der Waals surface area (Å²) in [7, 11) is 3.16.